The molecule has 0 saturated carbocycles. The van der Waals surface area contributed by atoms with Gasteiger partial charge in [-0.05, 0) is 6.92 Å². The lowest BCUT2D eigenvalue weighted by Gasteiger charge is -2.03. The highest BCUT2D eigenvalue weighted by Crippen LogP contribution is 2.22. The number of aromatic nitrogens is 4. The maximum Gasteiger partial charge on any atom is 0.234 e. The van der Waals surface area contributed by atoms with Gasteiger partial charge in [-0.1, -0.05) is 11.8 Å². The summed E-state index contributed by atoms with van der Waals surface area (Å²) in [7, 11) is 1.72. The van der Waals surface area contributed by atoms with Crippen molar-refractivity contribution in [2.75, 3.05) is 0 Å². The highest BCUT2D eigenvalue weighted by molar-refractivity contribution is 7.98. The van der Waals surface area contributed by atoms with Gasteiger partial charge in [0.25, 0.3) is 0 Å². The third-order valence-electron chi connectivity index (χ3n) is 2.17. The van der Waals surface area contributed by atoms with Gasteiger partial charge in [-0.25, -0.2) is 9.97 Å². The summed E-state index contributed by atoms with van der Waals surface area (Å²) in [5, 5.41) is 9.72. The maximum absolute atomic E-state index is 13.2. The minimum Gasteiger partial charge on any atom is -0.493 e. The molecule has 7 heteroatoms. The molecule has 0 aromatic carbocycles. The first kappa shape index (κ1) is 11.8. The second-order valence-corrected chi connectivity index (χ2v) is 4.47. The third-order valence-corrected chi connectivity index (χ3v) is 3.02. The Balaban J connectivity index is 2.12. The summed E-state index contributed by atoms with van der Waals surface area (Å²) in [4.78, 5) is 11.5. The van der Waals surface area contributed by atoms with Gasteiger partial charge in [-0.2, -0.15) is 9.37 Å². The Morgan fingerprint density at radius 3 is 2.82 bits per heavy atom. The van der Waals surface area contributed by atoms with Gasteiger partial charge in [0, 0.05) is 24.6 Å². The van der Waals surface area contributed by atoms with Crippen molar-refractivity contribution in [2.24, 2.45) is 7.05 Å². The molecule has 0 aliphatic carbocycles. The minimum absolute atomic E-state index is 0.0783. The van der Waals surface area contributed by atoms with Gasteiger partial charge in [-0.15, -0.1) is 0 Å². The lowest BCUT2D eigenvalue weighted by atomic mass is 10.4. The molecule has 2 heterocycles. The minimum atomic E-state index is -0.489. The highest BCUT2D eigenvalue weighted by Gasteiger charge is 2.10. The van der Waals surface area contributed by atoms with Crippen LogP contribution in [-0.4, -0.2) is 24.6 Å². The molecule has 0 fully saturated rings. The molecule has 90 valence electrons. The van der Waals surface area contributed by atoms with Crippen LogP contribution >= 0.6 is 11.8 Å². The Morgan fingerprint density at radius 2 is 2.24 bits per heavy atom. The average molecular weight is 254 g/mol. The van der Waals surface area contributed by atoms with Crippen molar-refractivity contribution in [3.63, 3.8) is 0 Å². The lowest BCUT2D eigenvalue weighted by Crippen LogP contribution is -1.97. The molecule has 0 bridgehead atoms. The summed E-state index contributed by atoms with van der Waals surface area (Å²) in [5.41, 5.74) is 1.14. The summed E-state index contributed by atoms with van der Waals surface area (Å²) in [6, 6.07) is 1.47. The number of halogens is 1. The zero-order valence-corrected chi connectivity index (χ0v) is 10.2. The van der Waals surface area contributed by atoms with Gasteiger partial charge >= 0.3 is 0 Å². The number of nitrogens with zero attached hydrogens (tertiary/aromatic N) is 4. The summed E-state index contributed by atoms with van der Waals surface area (Å²) < 4.78 is 14.8. The molecule has 0 aliphatic heterocycles. The van der Waals surface area contributed by atoms with Crippen molar-refractivity contribution in [1.82, 2.24) is 19.5 Å². The molecule has 17 heavy (non-hydrogen) atoms. The first-order chi connectivity index (χ1) is 8.06. The van der Waals surface area contributed by atoms with Gasteiger partial charge in [-0.3, -0.25) is 0 Å². The van der Waals surface area contributed by atoms with Crippen molar-refractivity contribution < 1.29 is 9.50 Å². The van der Waals surface area contributed by atoms with Crippen molar-refractivity contribution in [3.05, 3.63) is 29.7 Å². The van der Waals surface area contributed by atoms with Crippen LogP contribution in [-0.2, 0) is 12.8 Å². The Kier molecular flexibility index (Phi) is 3.28. The van der Waals surface area contributed by atoms with E-state index in [1.165, 1.54) is 24.2 Å². The van der Waals surface area contributed by atoms with Crippen LogP contribution in [0.25, 0.3) is 0 Å². The molecule has 0 radical (unpaired) electrons. The molecule has 2 rings (SSSR count). The molecule has 2 aromatic rings. The zero-order chi connectivity index (χ0) is 12.4. The fourth-order valence-corrected chi connectivity index (χ4v) is 2.27. The number of hydrogen-bond donors (Lipinski definition) is 1. The largest absolute Gasteiger partial charge is 0.493 e. The molecule has 2 aromatic heterocycles. The third kappa shape index (κ3) is 2.73. The fraction of sp³-hybridized carbons (Fsp3) is 0.300. The predicted octanol–water partition coefficient (Wildman–Crippen LogP) is 1.66. The van der Waals surface area contributed by atoms with Crippen molar-refractivity contribution in [3.8, 4) is 5.88 Å². The smallest absolute Gasteiger partial charge is 0.234 e. The van der Waals surface area contributed by atoms with Gasteiger partial charge in [0.15, 0.2) is 5.16 Å². The van der Waals surface area contributed by atoms with E-state index in [2.05, 4.69) is 15.0 Å². The van der Waals surface area contributed by atoms with Crippen LogP contribution in [0.15, 0.2) is 17.6 Å². The Morgan fingerprint density at radius 1 is 1.47 bits per heavy atom. The predicted molar refractivity (Wildman–Crippen MR) is 61.2 cm³/mol. The van der Waals surface area contributed by atoms with E-state index < -0.39 is 5.95 Å². The van der Waals surface area contributed by atoms with Crippen LogP contribution in [0.5, 0.6) is 5.88 Å². The topological polar surface area (TPSA) is 63.8 Å². The molecular weight excluding hydrogens is 243 g/mol. The highest BCUT2D eigenvalue weighted by atomic mass is 32.2. The Labute approximate surface area is 102 Å². The number of aromatic hydroxyl groups is 1. The molecule has 0 amide bonds. The van der Waals surface area contributed by atoms with E-state index in [1.54, 1.807) is 18.5 Å². The SMILES string of the molecule is Cc1cc(O)nc(SCc2c(F)ncn2C)n1. The standard InChI is InChI=1S/C10H11FN4OS/c1-6-3-8(16)14-10(13-6)17-4-7-9(11)12-5-15(7)2/h3,5H,4H2,1-2H3,(H,13,14,16). The zero-order valence-electron chi connectivity index (χ0n) is 9.38. The first-order valence-corrected chi connectivity index (χ1v) is 5.88. The van der Waals surface area contributed by atoms with E-state index in [0.29, 0.717) is 22.3 Å². The summed E-state index contributed by atoms with van der Waals surface area (Å²) in [6.45, 7) is 1.76. The maximum atomic E-state index is 13.2. The average Bonchev–Trinajstić information content (AvgIpc) is 2.55. The number of aryl methyl sites for hydroxylation is 2. The molecule has 1 N–H and O–H groups in total. The van der Waals surface area contributed by atoms with Gasteiger partial charge < -0.3 is 9.67 Å². The van der Waals surface area contributed by atoms with E-state index in [0.717, 1.165) is 0 Å². The van der Waals surface area contributed by atoms with Crippen LogP contribution in [0.2, 0.25) is 0 Å². The second-order valence-electron chi connectivity index (χ2n) is 3.53. The van der Waals surface area contributed by atoms with Crippen LogP contribution in [0.3, 0.4) is 0 Å². The number of thioether (sulfide) groups is 1. The van der Waals surface area contributed by atoms with E-state index in [1.807, 2.05) is 0 Å². The Bertz CT molecular complexity index is 503. The summed E-state index contributed by atoms with van der Waals surface area (Å²) in [6.07, 6.45) is 1.42. The Hall–Kier alpha value is -1.63. The molecule has 0 aliphatic rings. The van der Waals surface area contributed by atoms with Gasteiger partial charge in [0.05, 0.1) is 12.0 Å². The summed E-state index contributed by atoms with van der Waals surface area (Å²) >= 11 is 1.25. The second kappa shape index (κ2) is 4.70. The van der Waals surface area contributed by atoms with E-state index in [-0.39, 0.29) is 5.88 Å². The fourth-order valence-electron chi connectivity index (χ4n) is 1.31. The lowest BCUT2D eigenvalue weighted by molar-refractivity contribution is 0.444. The van der Waals surface area contributed by atoms with Crippen molar-refractivity contribution in [2.45, 2.75) is 17.8 Å². The molecule has 0 unspecified atom stereocenters. The number of imidazole rings is 1. The van der Waals surface area contributed by atoms with Crippen LogP contribution < -0.4 is 0 Å². The quantitative estimate of drug-likeness (QED) is 0.666. The number of rotatable bonds is 3. The van der Waals surface area contributed by atoms with Crippen LogP contribution in [0, 0.1) is 12.9 Å². The summed E-state index contributed by atoms with van der Waals surface area (Å²) in [5.74, 6) is -0.201. The van der Waals surface area contributed by atoms with Gasteiger partial charge in [0.2, 0.25) is 11.8 Å². The molecular formula is C10H11FN4OS. The van der Waals surface area contributed by atoms with Gasteiger partial charge in [0.1, 0.15) is 0 Å². The monoisotopic (exact) mass is 254 g/mol. The van der Waals surface area contributed by atoms with Crippen LogP contribution in [0.4, 0.5) is 4.39 Å². The molecule has 5 nitrogen and oxygen atoms in total. The van der Waals surface area contributed by atoms with E-state index in [4.69, 9.17) is 0 Å². The molecule has 0 atom stereocenters. The first-order valence-electron chi connectivity index (χ1n) is 4.89. The number of hydrogen-bond acceptors (Lipinski definition) is 5. The van der Waals surface area contributed by atoms with Crippen molar-refractivity contribution >= 4 is 11.8 Å². The normalized spacial score (nSPS) is 10.8. The van der Waals surface area contributed by atoms with E-state index in [9.17, 15) is 9.50 Å². The molecule has 0 saturated heterocycles. The van der Waals surface area contributed by atoms with Crippen molar-refractivity contribution in [1.29, 1.82) is 0 Å². The molecule has 0 spiro atoms. The van der Waals surface area contributed by atoms with E-state index >= 15 is 0 Å². The van der Waals surface area contributed by atoms with Crippen LogP contribution in [0.1, 0.15) is 11.4 Å².